The quantitative estimate of drug-likeness (QED) is 0.345. The van der Waals surface area contributed by atoms with Gasteiger partial charge in [-0.25, -0.2) is 0 Å². The SMILES string of the molecule is C#CCOc1ccc(/C=C(/C#N)C(=O)NCCc2c[nH]c3ccccc23)cc1OC. The van der Waals surface area contributed by atoms with Gasteiger partial charge in [0.05, 0.1) is 7.11 Å². The molecule has 1 heterocycles. The van der Waals surface area contributed by atoms with Crippen molar-refractivity contribution in [3.8, 4) is 29.9 Å². The second-order valence-electron chi connectivity index (χ2n) is 6.44. The lowest BCUT2D eigenvalue weighted by molar-refractivity contribution is -0.117. The first kappa shape index (κ1) is 20.6. The van der Waals surface area contributed by atoms with E-state index in [1.165, 1.54) is 13.2 Å². The van der Waals surface area contributed by atoms with Crippen LogP contribution in [0.25, 0.3) is 17.0 Å². The van der Waals surface area contributed by atoms with Crippen molar-refractivity contribution in [1.82, 2.24) is 10.3 Å². The van der Waals surface area contributed by atoms with E-state index < -0.39 is 5.91 Å². The molecule has 30 heavy (non-hydrogen) atoms. The Balaban J connectivity index is 1.66. The van der Waals surface area contributed by atoms with Crippen LogP contribution in [0.4, 0.5) is 0 Å². The number of methoxy groups -OCH3 is 1. The summed E-state index contributed by atoms with van der Waals surface area (Å²) in [6.45, 7) is 0.537. The molecule has 0 aliphatic rings. The number of hydrogen-bond donors (Lipinski definition) is 2. The zero-order chi connectivity index (χ0) is 21.3. The number of fused-ring (bicyclic) bond motifs is 1. The minimum Gasteiger partial charge on any atom is -0.493 e. The molecule has 6 heteroatoms. The molecule has 0 spiro atoms. The number of aromatic amines is 1. The summed E-state index contributed by atoms with van der Waals surface area (Å²) in [5, 5.41) is 13.3. The van der Waals surface area contributed by atoms with E-state index in [9.17, 15) is 10.1 Å². The van der Waals surface area contributed by atoms with Crippen LogP contribution in [0.1, 0.15) is 11.1 Å². The van der Waals surface area contributed by atoms with Crippen molar-refractivity contribution in [2.75, 3.05) is 20.3 Å². The van der Waals surface area contributed by atoms with E-state index in [0.717, 1.165) is 16.5 Å². The number of carbonyl (C=O) groups excluding carboxylic acids is 1. The number of para-hydroxylation sites is 1. The molecule has 0 radical (unpaired) electrons. The molecule has 6 nitrogen and oxygen atoms in total. The lowest BCUT2D eigenvalue weighted by atomic mass is 10.1. The summed E-state index contributed by atoms with van der Waals surface area (Å²) in [6.07, 6.45) is 9.31. The predicted molar refractivity (Wildman–Crippen MR) is 116 cm³/mol. The average molecular weight is 399 g/mol. The summed E-state index contributed by atoms with van der Waals surface area (Å²) in [6, 6.07) is 15.0. The summed E-state index contributed by atoms with van der Waals surface area (Å²) >= 11 is 0. The molecule has 0 aliphatic carbocycles. The zero-order valence-electron chi connectivity index (χ0n) is 16.6. The molecule has 0 saturated heterocycles. The molecule has 2 aromatic carbocycles. The number of hydrogen-bond acceptors (Lipinski definition) is 4. The van der Waals surface area contributed by atoms with Gasteiger partial charge in [0.1, 0.15) is 18.2 Å². The molecule has 0 saturated carbocycles. The van der Waals surface area contributed by atoms with Crippen LogP contribution in [0.2, 0.25) is 0 Å². The van der Waals surface area contributed by atoms with Gasteiger partial charge in [-0.3, -0.25) is 4.79 Å². The Kier molecular flexibility index (Phi) is 6.76. The van der Waals surface area contributed by atoms with Crippen LogP contribution in [-0.4, -0.2) is 31.2 Å². The van der Waals surface area contributed by atoms with Gasteiger partial charge in [0, 0.05) is 23.6 Å². The van der Waals surface area contributed by atoms with Crippen LogP contribution in [0.3, 0.4) is 0 Å². The number of ether oxygens (including phenoxy) is 2. The number of nitrogens with zero attached hydrogens (tertiary/aromatic N) is 1. The van der Waals surface area contributed by atoms with E-state index >= 15 is 0 Å². The van der Waals surface area contributed by atoms with Crippen LogP contribution in [0.5, 0.6) is 11.5 Å². The van der Waals surface area contributed by atoms with Gasteiger partial charge in [-0.05, 0) is 41.8 Å². The van der Waals surface area contributed by atoms with Crippen molar-refractivity contribution in [3.63, 3.8) is 0 Å². The summed E-state index contributed by atoms with van der Waals surface area (Å²) < 4.78 is 10.7. The van der Waals surface area contributed by atoms with Crippen LogP contribution in [0, 0.1) is 23.7 Å². The summed E-state index contributed by atoms with van der Waals surface area (Å²) in [5.41, 5.74) is 2.82. The molecular weight excluding hydrogens is 378 g/mol. The summed E-state index contributed by atoms with van der Waals surface area (Å²) in [4.78, 5) is 15.7. The number of nitriles is 1. The highest BCUT2D eigenvalue weighted by Crippen LogP contribution is 2.29. The number of aromatic nitrogens is 1. The van der Waals surface area contributed by atoms with Crippen LogP contribution >= 0.6 is 0 Å². The van der Waals surface area contributed by atoms with Crippen molar-refractivity contribution < 1.29 is 14.3 Å². The van der Waals surface area contributed by atoms with Gasteiger partial charge >= 0.3 is 0 Å². The number of nitrogens with one attached hydrogen (secondary N) is 2. The first-order valence-corrected chi connectivity index (χ1v) is 9.35. The Morgan fingerprint density at radius 2 is 2.10 bits per heavy atom. The average Bonchev–Trinajstić information content (AvgIpc) is 3.19. The normalized spacial score (nSPS) is 10.8. The van der Waals surface area contributed by atoms with E-state index in [1.807, 2.05) is 36.5 Å². The molecule has 1 amide bonds. The van der Waals surface area contributed by atoms with E-state index in [4.69, 9.17) is 15.9 Å². The fourth-order valence-corrected chi connectivity index (χ4v) is 3.07. The van der Waals surface area contributed by atoms with E-state index in [-0.39, 0.29) is 12.2 Å². The Morgan fingerprint density at radius 3 is 2.87 bits per heavy atom. The monoisotopic (exact) mass is 399 g/mol. The molecule has 2 N–H and O–H groups in total. The van der Waals surface area contributed by atoms with Gasteiger partial charge in [-0.2, -0.15) is 5.26 Å². The number of carbonyl (C=O) groups is 1. The maximum Gasteiger partial charge on any atom is 0.261 e. The third kappa shape index (κ3) is 4.81. The van der Waals surface area contributed by atoms with Crippen molar-refractivity contribution in [2.24, 2.45) is 0 Å². The van der Waals surface area contributed by atoms with Crippen LogP contribution < -0.4 is 14.8 Å². The van der Waals surface area contributed by atoms with Crippen molar-refractivity contribution in [3.05, 3.63) is 65.4 Å². The Hall–Kier alpha value is -4.16. The van der Waals surface area contributed by atoms with E-state index in [0.29, 0.717) is 30.0 Å². The molecule has 1 aromatic heterocycles. The van der Waals surface area contributed by atoms with Gasteiger partial charge in [-0.15, -0.1) is 6.42 Å². The zero-order valence-corrected chi connectivity index (χ0v) is 16.6. The standard InChI is InChI=1S/C24H21N3O3/c1-3-12-30-22-9-8-17(14-23(22)29-2)13-19(15-25)24(28)26-11-10-18-16-27-21-7-5-4-6-20(18)21/h1,4-9,13-14,16,27H,10-12H2,2H3,(H,26,28)/b19-13-. The lowest BCUT2D eigenvalue weighted by Gasteiger charge is -2.09. The lowest BCUT2D eigenvalue weighted by Crippen LogP contribution is -2.26. The largest absolute Gasteiger partial charge is 0.493 e. The summed E-state index contributed by atoms with van der Waals surface area (Å²) in [5.74, 6) is 2.93. The fourth-order valence-electron chi connectivity index (χ4n) is 3.07. The highest BCUT2D eigenvalue weighted by molar-refractivity contribution is 6.01. The molecule has 3 rings (SSSR count). The smallest absolute Gasteiger partial charge is 0.261 e. The number of rotatable bonds is 8. The Labute approximate surface area is 175 Å². The second-order valence-corrected chi connectivity index (χ2v) is 6.44. The number of benzene rings is 2. The molecular formula is C24H21N3O3. The molecule has 150 valence electrons. The van der Waals surface area contributed by atoms with Crippen molar-refractivity contribution >= 4 is 22.9 Å². The highest BCUT2D eigenvalue weighted by atomic mass is 16.5. The number of H-pyrrole nitrogens is 1. The van der Waals surface area contributed by atoms with Crippen molar-refractivity contribution in [1.29, 1.82) is 5.26 Å². The molecule has 0 unspecified atom stereocenters. The maximum absolute atomic E-state index is 12.4. The molecule has 0 fully saturated rings. The highest BCUT2D eigenvalue weighted by Gasteiger charge is 2.11. The van der Waals surface area contributed by atoms with E-state index in [2.05, 4.69) is 16.2 Å². The van der Waals surface area contributed by atoms with Crippen molar-refractivity contribution in [2.45, 2.75) is 6.42 Å². The molecule has 0 aliphatic heterocycles. The predicted octanol–water partition coefficient (Wildman–Crippen LogP) is 3.45. The van der Waals surface area contributed by atoms with Gasteiger partial charge < -0.3 is 19.8 Å². The topological polar surface area (TPSA) is 87.1 Å². The van der Waals surface area contributed by atoms with Crippen LogP contribution in [-0.2, 0) is 11.2 Å². The Morgan fingerprint density at radius 1 is 1.27 bits per heavy atom. The first-order valence-electron chi connectivity index (χ1n) is 9.35. The number of terminal acetylenes is 1. The van der Waals surface area contributed by atoms with Gasteiger partial charge in [0.2, 0.25) is 0 Å². The summed E-state index contributed by atoms with van der Waals surface area (Å²) in [7, 11) is 1.51. The first-order chi connectivity index (χ1) is 14.7. The van der Waals surface area contributed by atoms with Gasteiger partial charge in [0.15, 0.2) is 11.5 Å². The van der Waals surface area contributed by atoms with Crippen LogP contribution in [0.15, 0.2) is 54.2 Å². The fraction of sp³-hybridized carbons (Fsp3) is 0.167. The molecule has 0 atom stereocenters. The molecule has 0 bridgehead atoms. The minimum atomic E-state index is -0.427. The molecule has 3 aromatic rings. The Bertz CT molecular complexity index is 1160. The van der Waals surface area contributed by atoms with Gasteiger partial charge in [-0.1, -0.05) is 30.2 Å². The third-order valence-electron chi connectivity index (χ3n) is 4.53. The third-order valence-corrected chi connectivity index (χ3v) is 4.53. The number of amides is 1. The minimum absolute atomic E-state index is 0.00766. The van der Waals surface area contributed by atoms with E-state index in [1.54, 1.807) is 18.2 Å². The second kappa shape index (κ2) is 9.86. The maximum atomic E-state index is 12.4. The van der Waals surface area contributed by atoms with Gasteiger partial charge in [0.25, 0.3) is 5.91 Å².